The molecular formula is C11H17N7O. The van der Waals surface area contributed by atoms with Crippen LogP contribution in [-0.2, 0) is 4.74 Å². The number of nitrogens with zero attached hydrogens (tertiary/aromatic N) is 5. The molecule has 0 fully saturated rings. The van der Waals surface area contributed by atoms with Crippen LogP contribution in [0, 0.1) is 0 Å². The lowest BCUT2D eigenvalue weighted by molar-refractivity contribution is 0.158. The van der Waals surface area contributed by atoms with Crippen LogP contribution in [0.4, 0.5) is 11.9 Å². The molecule has 0 unspecified atom stereocenters. The Morgan fingerprint density at radius 3 is 2.79 bits per heavy atom. The topological polar surface area (TPSA) is 104 Å². The third-order valence-corrected chi connectivity index (χ3v) is 2.31. The Kier molecular flexibility index (Phi) is 3.61. The van der Waals surface area contributed by atoms with E-state index in [4.69, 9.17) is 10.5 Å². The number of nitrogens with one attached hydrogen (secondary N) is 1. The Morgan fingerprint density at radius 1 is 1.37 bits per heavy atom. The number of hydrogen-bond donors (Lipinski definition) is 2. The highest BCUT2D eigenvalue weighted by Gasteiger charge is 2.19. The van der Waals surface area contributed by atoms with E-state index in [2.05, 4.69) is 25.4 Å². The third-order valence-electron chi connectivity index (χ3n) is 2.31. The van der Waals surface area contributed by atoms with Crippen LogP contribution in [0.25, 0.3) is 5.95 Å². The molecule has 0 aromatic carbocycles. The van der Waals surface area contributed by atoms with Crippen molar-refractivity contribution in [1.82, 2.24) is 24.7 Å². The van der Waals surface area contributed by atoms with Crippen molar-refractivity contribution in [3.8, 4) is 5.95 Å². The van der Waals surface area contributed by atoms with Gasteiger partial charge >= 0.3 is 0 Å². The van der Waals surface area contributed by atoms with Gasteiger partial charge in [0.1, 0.15) is 0 Å². The first-order valence-electron chi connectivity index (χ1n) is 5.79. The highest BCUT2D eigenvalue weighted by Crippen LogP contribution is 2.13. The molecule has 0 radical (unpaired) electrons. The molecule has 0 aliphatic heterocycles. The van der Waals surface area contributed by atoms with Gasteiger partial charge in [0.15, 0.2) is 0 Å². The SMILES string of the molecule is COCC(C)(C)Nc1nc(N)nc(-n2cccn2)n1. The summed E-state index contributed by atoms with van der Waals surface area (Å²) in [5.74, 6) is 0.893. The molecule has 0 amide bonds. The number of nitrogen functional groups attached to an aromatic ring is 1. The van der Waals surface area contributed by atoms with Crippen LogP contribution in [0.3, 0.4) is 0 Å². The Bertz CT molecular complexity index is 538. The maximum Gasteiger partial charge on any atom is 0.257 e. The molecule has 0 spiro atoms. The van der Waals surface area contributed by atoms with E-state index < -0.39 is 0 Å². The first-order chi connectivity index (χ1) is 9.00. The second kappa shape index (κ2) is 5.19. The lowest BCUT2D eigenvalue weighted by Crippen LogP contribution is -2.36. The van der Waals surface area contributed by atoms with Crippen molar-refractivity contribution in [3.05, 3.63) is 18.5 Å². The van der Waals surface area contributed by atoms with Crippen molar-refractivity contribution in [3.63, 3.8) is 0 Å². The monoisotopic (exact) mass is 263 g/mol. The summed E-state index contributed by atoms with van der Waals surface area (Å²) < 4.78 is 6.65. The van der Waals surface area contributed by atoms with Crippen LogP contribution in [0.5, 0.6) is 0 Å². The van der Waals surface area contributed by atoms with E-state index in [0.717, 1.165) is 0 Å². The number of nitrogens with two attached hydrogens (primary N) is 1. The molecule has 0 saturated carbocycles. The lowest BCUT2D eigenvalue weighted by Gasteiger charge is -2.25. The summed E-state index contributed by atoms with van der Waals surface area (Å²) in [7, 11) is 1.64. The van der Waals surface area contributed by atoms with Gasteiger partial charge in [0.25, 0.3) is 5.95 Å². The Balaban J connectivity index is 2.27. The van der Waals surface area contributed by atoms with Gasteiger partial charge in [0.2, 0.25) is 11.9 Å². The third kappa shape index (κ3) is 3.38. The zero-order chi connectivity index (χ0) is 13.9. The summed E-state index contributed by atoms with van der Waals surface area (Å²) in [6.07, 6.45) is 3.38. The van der Waals surface area contributed by atoms with Crippen molar-refractivity contribution >= 4 is 11.9 Å². The van der Waals surface area contributed by atoms with E-state index in [-0.39, 0.29) is 11.5 Å². The van der Waals surface area contributed by atoms with Crippen LogP contribution in [0.1, 0.15) is 13.8 Å². The maximum absolute atomic E-state index is 5.68. The number of anilines is 2. The predicted molar refractivity (Wildman–Crippen MR) is 70.9 cm³/mol. The first-order valence-corrected chi connectivity index (χ1v) is 5.79. The van der Waals surface area contributed by atoms with Crippen LogP contribution in [-0.4, -0.2) is 44.0 Å². The standard InChI is InChI=1S/C11H17N7O/c1-11(2,7-19-3)17-9-14-8(12)15-10(16-9)18-6-4-5-13-18/h4-6H,7H2,1-3H3,(H3,12,14,15,16,17). The minimum atomic E-state index is -0.316. The molecule has 2 aromatic rings. The van der Waals surface area contributed by atoms with E-state index >= 15 is 0 Å². The molecule has 3 N–H and O–H groups in total. The van der Waals surface area contributed by atoms with E-state index in [1.165, 1.54) is 4.68 Å². The van der Waals surface area contributed by atoms with Gasteiger partial charge in [0.05, 0.1) is 12.1 Å². The van der Waals surface area contributed by atoms with Gasteiger partial charge in [-0.25, -0.2) is 4.68 Å². The van der Waals surface area contributed by atoms with E-state index in [9.17, 15) is 0 Å². The Morgan fingerprint density at radius 2 is 2.16 bits per heavy atom. The second-order valence-corrected chi connectivity index (χ2v) is 4.71. The zero-order valence-electron chi connectivity index (χ0n) is 11.2. The fourth-order valence-corrected chi connectivity index (χ4v) is 1.63. The Labute approximate surface area is 111 Å². The van der Waals surface area contributed by atoms with Gasteiger partial charge in [-0.3, -0.25) is 0 Å². The second-order valence-electron chi connectivity index (χ2n) is 4.71. The average molecular weight is 263 g/mol. The average Bonchev–Trinajstić information content (AvgIpc) is 2.80. The van der Waals surface area contributed by atoms with Crippen molar-refractivity contribution in [2.75, 3.05) is 24.8 Å². The number of aromatic nitrogens is 5. The van der Waals surface area contributed by atoms with Crippen molar-refractivity contribution in [1.29, 1.82) is 0 Å². The van der Waals surface area contributed by atoms with Crippen LogP contribution < -0.4 is 11.1 Å². The highest BCUT2D eigenvalue weighted by atomic mass is 16.5. The summed E-state index contributed by atoms with van der Waals surface area (Å²) >= 11 is 0. The fourth-order valence-electron chi connectivity index (χ4n) is 1.63. The fraction of sp³-hybridized carbons (Fsp3) is 0.455. The Hall–Kier alpha value is -2.22. The van der Waals surface area contributed by atoms with E-state index in [1.54, 1.807) is 25.6 Å². The summed E-state index contributed by atoms with van der Waals surface area (Å²) in [6, 6.07) is 1.78. The molecule has 0 atom stereocenters. The summed E-state index contributed by atoms with van der Waals surface area (Å²) in [6.45, 7) is 4.46. The van der Waals surface area contributed by atoms with Gasteiger partial charge < -0.3 is 15.8 Å². The highest BCUT2D eigenvalue weighted by molar-refractivity contribution is 5.36. The minimum absolute atomic E-state index is 0.135. The number of ether oxygens (including phenoxy) is 1. The lowest BCUT2D eigenvalue weighted by atomic mass is 10.1. The molecule has 8 heteroatoms. The summed E-state index contributed by atoms with van der Waals surface area (Å²) in [5, 5.41) is 7.21. The molecule has 2 aromatic heterocycles. The number of rotatable bonds is 5. The first kappa shape index (κ1) is 13.2. The van der Waals surface area contributed by atoms with Crippen LogP contribution >= 0.6 is 0 Å². The molecule has 2 heterocycles. The van der Waals surface area contributed by atoms with Crippen LogP contribution in [0.15, 0.2) is 18.5 Å². The molecule has 102 valence electrons. The van der Waals surface area contributed by atoms with E-state index in [0.29, 0.717) is 18.5 Å². The van der Waals surface area contributed by atoms with Gasteiger partial charge in [0, 0.05) is 19.5 Å². The van der Waals surface area contributed by atoms with Crippen molar-refractivity contribution in [2.24, 2.45) is 0 Å². The number of hydrogen-bond acceptors (Lipinski definition) is 7. The molecule has 2 rings (SSSR count). The molecule has 0 bridgehead atoms. The minimum Gasteiger partial charge on any atom is -0.382 e. The van der Waals surface area contributed by atoms with Crippen LogP contribution in [0.2, 0.25) is 0 Å². The van der Waals surface area contributed by atoms with Gasteiger partial charge in [-0.1, -0.05) is 0 Å². The molecule has 8 nitrogen and oxygen atoms in total. The quantitative estimate of drug-likeness (QED) is 0.808. The largest absolute Gasteiger partial charge is 0.382 e. The van der Waals surface area contributed by atoms with Gasteiger partial charge in [-0.2, -0.15) is 20.1 Å². The summed E-state index contributed by atoms with van der Waals surface area (Å²) in [4.78, 5) is 12.4. The van der Waals surface area contributed by atoms with Gasteiger partial charge in [-0.15, -0.1) is 0 Å². The number of methoxy groups -OCH3 is 1. The smallest absolute Gasteiger partial charge is 0.257 e. The molecule has 19 heavy (non-hydrogen) atoms. The molecule has 0 aliphatic rings. The molecule has 0 saturated heterocycles. The van der Waals surface area contributed by atoms with E-state index in [1.807, 2.05) is 13.8 Å². The zero-order valence-corrected chi connectivity index (χ0v) is 11.2. The van der Waals surface area contributed by atoms with Gasteiger partial charge in [-0.05, 0) is 19.9 Å². The predicted octanol–water partition coefficient (Wildman–Crippen LogP) is 0.476. The normalized spacial score (nSPS) is 11.5. The van der Waals surface area contributed by atoms with Crippen molar-refractivity contribution < 1.29 is 4.74 Å². The summed E-state index contributed by atoms with van der Waals surface area (Å²) in [5.41, 5.74) is 5.37. The van der Waals surface area contributed by atoms with Crippen molar-refractivity contribution in [2.45, 2.75) is 19.4 Å². The molecular weight excluding hydrogens is 246 g/mol. The molecule has 0 aliphatic carbocycles. The maximum atomic E-state index is 5.68.